The molecule has 1 aliphatic rings. The van der Waals surface area contributed by atoms with Crippen LogP contribution in [0, 0.1) is 0 Å². The van der Waals surface area contributed by atoms with E-state index in [1.807, 2.05) is 31.9 Å². The molecule has 1 aliphatic heterocycles. The number of hydrogen-bond acceptors (Lipinski definition) is 5. The van der Waals surface area contributed by atoms with Crippen LogP contribution in [-0.4, -0.2) is 56.4 Å². The lowest BCUT2D eigenvalue weighted by Gasteiger charge is -2.34. The van der Waals surface area contributed by atoms with Crippen molar-refractivity contribution in [3.8, 4) is 0 Å². The maximum absolute atomic E-state index is 12.8. The second kappa shape index (κ2) is 10.5. The van der Waals surface area contributed by atoms with Crippen molar-refractivity contribution in [3.05, 3.63) is 24.3 Å². The van der Waals surface area contributed by atoms with E-state index in [4.69, 9.17) is 0 Å². The summed E-state index contributed by atoms with van der Waals surface area (Å²) in [5, 5.41) is 2.93. The minimum atomic E-state index is -3.31. The highest BCUT2D eigenvalue weighted by Crippen LogP contribution is 2.31. The first-order valence-corrected chi connectivity index (χ1v) is 11.4. The van der Waals surface area contributed by atoms with Gasteiger partial charge in [0.2, 0.25) is 5.91 Å². The standard InChI is InChI=1S/C18H28N2O3S2.ClH/c1-4-12-25(22,23)17-10-6-5-9-16(17)24-14(2)18(21)20-11-7-8-15(13-20)19-3;/h5-6,9-10,14-15,19H,4,7-8,11-13H2,1-3H3;1H. The first kappa shape index (κ1) is 23.3. The molecule has 1 aromatic carbocycles. The normalized spacial score (nSPS) is 18.9. The number of thioether (sulfide) groups is 1. The molecule has 1 fully saturated rings. The van der Waals surface area contributed by atoms with Gasteiger partial charge in [0.1, 0.15) is 0 Å². The van der Waals surface area contributed by atoms with Crippen molar-refractivity contribution in [1.82, 2.24) is 10.2 Å². The van der Waals surface area contributed by atoms with Crippen molar-refractivity contribution < 1.29 is 13.2 Å². The predicted octanol–water partition coefficient (Wildman–Crippen LogP) is 2.98. The number of carbonyl (C=O) groups excluding carboxylic acids is 1. The van der Waals surface area contributed by atoms with Crippen molar-refractivity contribution >= 4 is 39.9 Å². The molecular weight excluding hydrogens is 392 g/mol. The predicted molar refractivity (Wildman–Crippen MR) is 110 cm³/mol. The Hall–Kier alpha value is -0.760. The SMILES string of the molecule is CCCS(=O)(=O)c1ccccc1SC(C)C(=O)N1CCCC(NC)C1.Cl. The Bertz CT molecular complexity index is 697. The molecule has 1 heterocycles. The molecule has 2 rings (SSSR count). The molecule has 26 heavy (non-hydrogen) atoms. The van der Waals surface area contributed by atoms with Crippen molar-refractivity contribution in [1.29, 1.82) is 0 Å². The summed E-state index contributed by atoms with van der Waals surface area (Å²) in [4.78, 5) is 15.7. The van der Waals surface area contributed by atoms with Crippen LogP contribution in [0.2, 0.25) is 0 Å². The van der Waals surface area contributed by atoms with E-state index < -0.39 is 9.84 Å². The van der Waals surface area contributed by atoms with Crippen LogP contribution in [0.25, 0.3) is 0 Å². The number of likely N-dealkylation sites (N-methyl/N-ethyl adjacent to an activating group) is 1. The van der Waals surface area contributed by atoms with E-state index in [2.05, 4.69) is 5.32 Å². The van der Waals surface area contributed by atoms with Gasteiger partial charge in [-0.3, -0.25) is 4.79 Å². The van der Waals surface area contributed by atoms with Crippen LogP contribution in [-0.2, 0) is 14.6 Å². The summed E-state index contributed by atoms with van der Waals surface area (Å²) in [7, 11) is -1.38. The van der Waals surface area contributed by atoms with E-state index in [-0.39, 0.29) is 29.3 Å². The highest BCUT2D eigenvalue weighted by atomic mass is 35.5. The van der Waals surface area contributed by atoms with E-state index in [0.717, 1.165) is 25.9 Å². The molecule has 2 unspecified atom stereocenters. The second-order valence-corrected chi connectivity index (χ2v) is 9.90. The number of rotatable bonds is 7. The zero-order chi connectivity index (χ0) is 18.4. The Morgan fingerprint density at radius 2 is 2.08 bits per heavy atom. The zero-order valence-electron chi connectivity index (χ0n) is 15.6. The molecule has 0 saturated carbocycles. The fourth-order valence-corrected chi connectivity index (χ4v) is 6.01. The molecule has 0 aliphatic carbocycles. The molecule has 8 heteroatoms. The molecule has 0 bridgehead atoms. The highest BCUT2D eigenvalue weighted by Gasteiger charge is 2.28. The monoisotopic (exact) mass is 420 g/mol. The maximum atomic E-state index is 12.8. The number of nitrogens with one attached hydrogen (secondary N) is 1. The number of halogens is 1. The van der Waals surface area contributed by atoms with Crippen LogP contribution in [0.4, 0.5) is 0 Å². The molecule has 2 atom stereocenters. The van der Waals surface area contributed by atoms with Crippen LogP contribution in [0.5, 0.6) is 0 Å². The average molecular weight is 421 g/mol. The first-order chi connectivity index (χ1) is 11.9. The van der Waals surface area contributed by atoms with E-state index in [0.29, 0.717) is 22.3 Å². The Balaban J connectivity index is 0.00000338. The number of piperidine rings is 1. The fourth-order valence-electron chi connectivity index (χ4n) is 3.09. The lowest BCUT2D eigenvalue weighted by atomic mass is 10.1. The van der Waals surface area contributed by atoms with Gasteiger partial charge in [-0.1, -0.05) is 19.1 Å². The average Bonchev–Trinajstić information content (AvgIpc) is 2.61. The van der Waals surface area contributed by atoms with Crippen LogP contribution in [0.3, 0.4) is 0 Å². The number of sulfone groups is 1. The number of amides is 1. The van der Waals surface area contributed by atoms with Gasteiger partial charge in [-0.25, -0.2) is 8.42 Å². The van der Waals surface area contributed by atoms with E-state index >= 15 is 0 Å². The lowest BCUT2D eigenvalue weighted by Crippen LogP contribution is -2.49. The zero-order valence-corrected chi connectivity index (χ0v) is 18.1. The van der Waals surface area contributed by atoms with Gasteiger partial charge in [0.25, 0.3) is 0 Å². The van der Waals surface area contributed by atoms with E-state index in [1.165, 1.54) is 11.8 Å². The van der Waals surface area contributed by atoms with E-state index in [1.54, 1.807) is 18.2 Å². The van der Waals surface area contributed by atoms with Crippen molar-refractivity contribution in [2.24, 2.45) is 0 Å². The lowest BCUT2D eigenvalue weighted by molar-refractivity contribution is -0.131. The molecule has 148 valence electrons. The number of carbonyl (C=O) groups is 1. The van der Waals surface area contributed by atoms with Gasteiger partial charge in [0.05, 0.1) is 15.9 Å². The molecule has 5 nitrogen and oxygen atoms in total. The number of benzene rings is 1. The molecule has 1 amide bonds. The van der Waals surface area contributed by atoms with Gasteiger partial charge < -0.3 is 10.2 Å². The van der Waals surface area contributed by atoms with Crippen molar-refractivity contribution in [2.75, 3.05) is 25.9 Å². The third kappa shape index (κ3) is 5.87. The number of likely N-dealkylation sites (tertiary alicyclic amines) is 1. The van der Waals surface area contributed by atoms with Crippen molar-refractivity contribution in [2.45, 2.75) is 54.2 Å². The van der Waals surface area contributed by atoms with Crippen molar-refractivity contribution in [3.63, 3.8) is 0 Å². The molecular formula is C18H29ClN2O3S2. The molecule has 1 N–H and O–H groups in total. The quantitative estimate of drug-likeness (QED) is 0.687. The molecule has 1 aromatic rings. The summed E-state index contributed by atoms with van der Waals surface area (Å²) in [6.07, 6.45) is 2.66. The minimum Gasteiger partial charge on any atom is -0.340 e. The van der Waals surface area contributed by atoms with Gasteiger partial charge in [-0.2, -0.15) is 0 Å². The first-order valence-electron chi connectivity index (χ1n) is 8.83. The maximum Gasteiger partial charge on any atom is 0.235 e. The summed E-state index contributed by atoms with van der Waals surface area (Å²) in [5.41, 5.74) is 0. The molecule has 0 aromatic heterocycles. The Morgan fingerprint density at radius 1 is 1.38 bits per heavy atom. The summed E-state index contributed by atoms with van der Waals surface area (Å²) in [6.45, 7) is 5.21. The van der Waals surface area contributed by atoms with Gasteiger partial charge >= 0.3 is 0 Å². The minimum absolute atomic E-state index is 0. The van der Waals surface area contributed by atoms with Crippen LogP contribution in [0.1, 0.15) is 33.1 Å². The second-order valence-electron chi connectivity index (χ2n) is 6.44. The van der Waals surface area contributed by atoms with Gasteiger partial charge in [-0.05, 0) is 45.4 Å². The topological polar surface area (TPSA) is 66.5 Å². The number of hydrogen-bond donors (Lipinski definition) is 1. The molecule has 0 radical (unpaired) electrons. The summed E-state index contributed by atoms with van der Waals surface area (Å²) in [5.74, 6) is 0.204. The highest BCUT2D eigenvalue weighted by molar-refractivity contribution is 8.01. The van der Waals surface area contributed by atoms with Crippen LogP contribution < -0.4 is 5.32 Å². The summed E-state index contributed by atoms with van der Waals surface area (Å²) in [6, 6.07) is 7.34. The Kier molecular flexibility index (Phi) is 9.44. The van der Waals surface area contributed by atoms with E-state index in [9.17, 15) is 13.2 Å². The molecule has 1 saturated heterocycles. The third-order valence-corrected chi connectivity index (χ3v) is 7.72. The number of nitrogens with zero attached hydrogens (tertiary/aromatic N) is 1. The Labute approximate surface area is 167 Å². The third-order valence-electron chi connectivity index (χ3n) is 4.45. The van der Waals surface area contributed by atoms with Crippen LogP contribution >= 0.6 is 24.2 Å². The summed E-state index contributed by atoms with van der Waals surface area (Å²) < 4.78 is 24.9. The van der Waals surface area contributed by atoms with Gasteiger partial charge in [0, 0.05) is 24.0 Å². The molecule has 0 spiro atoms. The smallest absolute Gasteiger partial charge is 0.235 e. The largest absolute Gasteiger partial charge is 0.340 e. The fraction of sp³-hybridized carbons (Fsp3) is 0.611. The Morgan fingerprint density at radius 3 is 2.73 bits per heavy atom. The van der Waals surface area contributed by atoms with Gasteiger partial charge in [0.15, 0.2) is 9.84 Å². The van der Waals surface area contributed by atoms with Gasteiger partial charge in [-0.15, -0.1) is 24.2 Å². The van der Waals surface area contributed by atoms with Crippen LogP contribution in [0.15, 0.2) is 34.1 Å². The summed E-state index contributed by atoms with van der Waals surface area (Å²) >= 11 is 1.34.